The van der Waals surface area contributed by atoms with Crippen molar-refractivity contribution in [2.45, 2.75) is 39.8 Å². The van der Waals surface area contributed by atoms with Crippen LogP contribution in [0.15, 0.2) is 24.3 Å². The molecule has 2 rings (SSSR count). The van der Waals surface area contributed by atoms with Crippen molar-refractivity contribution >= 4 is 22.9 Å². The average molecular weight is 310 g/mol. The average Bonchev–Trinajstić information content (AvgIpc) is 2.85. The van der Waals surface area contributed by atoms with E-state index in [1.54, 1.807) is 11.3 Å². The number of benzene rings is 1. The molecule has 0 aliphatic heterocycles. The van der Waals surface area contributed by atoms with Gasteiger partial charge in [-0.15, -0.1) is 11.3 Å². The van der Waals surface area contributed by atoms with Crippen LogP contribution in [0.4, 0.5) is 0 Å². The second-order valence-electron chi connectivity index (χ2n) is 5.15. The first kappa shape index (κ1) is 15.4. The van der Waals surface area contributed by atoms with Crippen LogP contribution >= 0.6 is 22.9 Å². The third-order valence-corrected chi connectivity index (χ3v) is 4.61. The predicted octanol–water partition coefficient (Wildman–Crippen LogP) is 4.87. The van der Waals surface area contributed by atoms with Crippen LogP contribution in [0.1, 0.15) is 40.6 Å². The van der Waals surface area contributed by atoms with Crippen molar-refractivity contribution in [3.63, 3.8) is 0 Å². The van der Waals surface area contributed by atoms with E-state index >= 15 is 0 Å². The van der Waals surface area contributed by atoms with Crippen LogP contribution in [0.3, 0.4) is 0 Å². The van der Waals surface area contributed by atoms with Gasteiger partial charge in [0.2, 0.25) is 0 Å². The first-order valence-electron chi connectivity index (χ1n) is 6.71. The number of halogens is 1. The van der Waals surface area contributed by atoms with Gasteiger partial charge in [0, 0.05) is 21.3 Å². The molecule has 0 amide bonds. The topological polar surface area (TPSA) is 35.2 Å². The molecule has 0 aliphatic rings. The van der Waals surface area contributed by atoms with Gasteiger partial charge in [0.15, 0.2) is 0 Å². The first-order valence-corrected chi connectivity index (χ1v) is 7.91. The summed E-state index contributed by atoms with van der Waals surface area (Å²) in [6.45, 7) is 7.44. The zero-order chi connectivity index (χ0) is 14.7. The van der Waals surface area contributed by atoms with Crippen LogP contribution in [0, 0.1) is 6.92 Å². The standard InChI is InChI=1S/C16H20ClNOS/c1-10(2)14-7-16(11(3)6-15(14)17)19-9-13-5-4-12(8-18)20-13/h4-7,10H,8-9,18H2,1-3H3. The highest BCUT2D eigenvalue weighted by atomic mass is 35.5. The Hall–Kier alpha value is -1.03. The summed E-state index contributed by atoms with van der Waals surface area (Å²) >= 11 is 7.96. The smallest absolute Gasteiger partial charge is 0.123 e. The van der Waals surface area contributed by atoms with Crippen LogP contribution in [0.5, 0.6) is 5.75 Å². The molecule has 108 valence electrons. The van der Waals surface area contributed by atoms with Crippen molar-refractivity contribution in [3.05, 3.63) is 50.2 Å². The fourth-order valence-electron chi connectivity index (χ4n) is 2.02. The number of nitrogens with two attached hydrogens (primary N) is 1. The Morgan fingerprint density at radius 1 is 1.25 bits per heavy atom. The first-order chi connectivity index (χ1) is 9.51. The van der Waals surface area contributed by atoms with Gasteiger partial charge in [0.05, 0.1) is 0 Å². The highest BCUT2D eigenvalue weighted by Gasteiger charge is 2.10. The summed E-state index contributed by atoms with van der Waals surface area (Å²) in [5.74, 6) is 1.29. The van der Waals surface area contributed by atoms with Crippen molar-refractivity contribution in [1.82, 2.24) is 0 Å². The summed E-state index contributed by atoms with van der Waals surface area (Å²) in [4.78, 5) is 2.37. The van der Waals surface area contributed by atoms with E-state index in [0.29, 0.717) is 19.1 Å². The quantitative estimate of drug-likeness (QED) is 0.855. The summed E-state index contributed by atoms with van der Waals surface area (Å²) in [7, 11) is 0. The molecule has 0 bridgehead atoms. The van der Waals surface area contributed by atoms with Crippen molar-refractivity contribution in [2.24, 2.45) is 5.73 Å². The maximum Gasteiger partial charge on any atom is 0.123 e. The summed E-state index contributed by atoms with van der Waals surface area (Å²) in [6, 6.07) is 8.16. The lowest BCUT2D eigenvalue weighted by Gasteiger charge is -2.14. The van der Waals surface area contributed by atoms with Gasteiger partial charge in [0.1, 0.15) is 12.4 Å². The largest absolute Gasteiger partial charge is 0.488 e. The van der Waals surface area contributed by atoms with Gasteiger partial charge in [-0.25, -0.2) is 0 Å². The van der Waals surface area contributed by atoms with E-state index in [0.717, 1.165) is 21.9 Å². The minimum atomic E-state index is 0.385. The number of hydrogen-bond acceptors (Lipinski definition) is 3. The Balaban J connectivity index is 2.14. The molecule has 0 unspecified atom stereocenters. The number of hydrogen-bond donors (Lipinski definition) is 1. The maximum absolute atomic E-state index is 6.27. The summed E-state index contributed by atoms with van der Waals surface area (Å²) < 4.78 is 5.94. The van der Waals surface area contributed by atoms with Crippen molar-refractivity contribution in [2.75, 3.05) is 0 Å². The number of thiophene rings is 1. The van der Waals surface area contributed by atoms with Gasteiger partial charge >= 0.3 is 0 Å². The highest BCUT2D eigenvalue weighted by Crippen LogP contribution is 2.32. The van der Waals surface area contributed by atoms with Crippen LogP contribution < -0.4 is 10.5 Å². The molecule has 0 fully saturated rings. The SMILES string of the molecule is Cc1cc(Cl)c(C(C)C)cc1OCc1ccc(CN)s1. The molecule has 4 heteroatoms. The molecule has 2 aromatic rings. The van der Waals surface area contributed by atoms with Crippen LogP contribution in [0.2, 0.25) is 5.02 Å². The Kier molecular flexibility index (Phi) is 5.08. The van der Waals surface area contributed by atoms with E-state index in [-0.39, 0.29) is 0 Å². The molecule has 0 spiro atoms. The third-order valence-electron chi connectivity index (χ3n) is 3.20. The molecule has 20 heavy (non-hydrogen) atoms. The van der Waals surface area contributed by atoms with E-state index in [4.69, 9.17) is 22.1 Å². The van der Waals surface area contributed by atoms with E-state index in [2.05, 4.69) is 32.0 Å². The Morgan fingerprint density at radius 2 is 1.95 bits per heavy atom. The lowest BCUT2D eigenvalue weighted by atomic mass is 10.0. The fraction of sp³-hybridized carbons (Fsp3) is 0.375. The fourth-order valence-corrected chi connectivity index (χ4v) is 3.27. The molecule has 0 atom stereocenters. The van der Waals surface area contributed by atoms with Crippen LogP contribution in [0.25, 0.3) is 0 Å². The molecule has 2 N–H and O–H groups in total. The Labute approximate surface area is 129 Å². The minimum Gasteiger partial charge on any atom is -0.488 e. The van der Waals surface area contributed by atoms with Gasteiger partial charge in [-0.1, -0.05) is 25.4 Å². The van der Waals surface area contributed by atoms with Crippen molar-refractivity contribution < 1.29 is 4.74 Å². The molecule has 0 saturated heterocycles. The number of ether oxygens (including phenoxy) is 1. The van der Waals surface area contributed by atoms with Crippen molar-refractivity contribution in [1.29, 1.82) is 0 Å². The molecule has 1 aromatic heterocycles. The number of aryl methyl sites for hydroxylation is 1. The van der Waals surface area contributed by atoms with E-state index in [9.17, 15) is 0 Å². The molecular formula is C16H20ClNOS. The second kappa shape index (κ2) is 6.61. The monoisotopic (exact) mass is 309 g/mol. The van der Waals surface area contributed by atoms with Crippen LogP contribution in [-0.4, -0.2) is 0 Å². The lowest BCUT2D eigenvalue weighted by molar-refractivity contribution is 0.307. The summed E-state index contributed by atoms with van der Waals surface area (Å²) in [5.41, 5.74) is 7.81. The summed E-state index contributed by atoms with van der Waals surface area (Å²) in [5, 5.41) is 0.811. The Bertz CT molecular complexity index is 592. The molecule has 1 heterocycles. The molecule has 1 aromatic carbocycles. The van der Waals surface area contributed by atoms with Gasteiger partial charge in [0.25, 0.3) is 0 Å². The van der Waals surface area contributed by atoms with Crippen molar-refractivity contribution in [3.8, 4) is 5.75 Å². The molecule has 0 radical (unpaired) electrons. The van der Waals surface area contributed by atoms with Gasteiger partial charge in [-0.3, -0.25) is 0 Å². The number of rotatable bonds is 5. The zero-order valence-electron chi connectivity index (χ0n) is 12.1. The third kappa shape index (κ3) is 3.54. The normalized spacial score (nSPS) is 11.1. The minimum absolute atomic E-state index is 0.385. The predicted molar refractivity (Wildman–Crippen MR) is 86.8 cm³/mol. The molecule has 0 aliphatic carbocycles. The molecule has 0 saturated carbocycles. The van der Waals surface area contributed by atoms with Gasteiger partial charge in [-0.2, -0.15) is 0 Å². The lowest BCUT2D eigenvalue weighted by Crippen LogP contribution is -1.98. The van der Waals surface area contributed by atoms with Gasteiger partial charge < -0.3 is 10.5 Å². The summed E-state index contributed by atoms with van der Waals surface area (Å²) in [6.07, 6.45) is 0. The second-order valence-corrected chi connectivity index (χ2v) is 6.81. The highest BCUT2D eigenvalue weighted by molar-refractivity contribution is 7.11. The van der Waals surface area contributed by atoms with E-state index in [1.807, 2.05) is 13.0 Å². The Morgan fingerprint density at radius 3 is 2.55 bits per heavy atom. The van der Waals surface area contributed by atoms with E-state index in [1.165, 1.54) is 9.75 Å². The van der Waals surface area contributed by atoms with E-state index < -0.39 is 0 Å². The van der Waals surface area contributed by atoms with Gasteiger partial charge in [-0.05, 0) is 48.2 Å². The molecule has 2 nitrogen and oxygen atoms in total. The van der Waals surface area contributed by atoms with Crippen LogP contribution in [-0.2, 0) is 13.2 Å². The maximum atomic E-state index is 6.27. The molecular weight excluding hydrogens is 290 g/mol. The zero-order valence-corrected chi connectivity index (χ0v) is 13.6.